The maximum Gasteiger partial charge on any atom is 0.356 e. The highest BCUT2D eigenvalue weighted by molar-refractivity contribution is 6.29. The van der Waals surface area contributed by atoms with Crippen molar-refractivity contribution in [2.45, 2.75) is 38.4 Å². The van der Waals surface area contributed by atoms with Crippen LogP contribution < -0.4 is 10.9 Å². The Morgan fingerprint density at radius 2 is 2.03 bits per heavy atom. The van der Waals surface area contributed by atoms with E-state index in [1.54, 1.807) is 6.07 Å². The molecule has 0 bridgehead atoms. The number of alkyl halides is 1. The molecule has 2 aromatic heterocycles. The van der Waals surface area contributed by atoms with Gasteiger partial charge in [-0.15, -0.1) is 0 Å². The summed E-state index contributed by atoms with van der Waals surface area (Å²) in [6.45, 7) is 3.67. The molecular weight excluding hydrogens is 411 g/mol. The van der Waals surface area contributed by atoms with Gasteiger partial charge in [-0.1, -0.05) is 17.7 Å². The number of hydrogen-bond acceptors (Lipinski definition) is 5. The van der Waals surface area contributed by atoms with Crippen molar-refractivity contribution in [1.82, 2.24) is 14.5 Å². The summed E-state index contributed by atoms with van der Waals surface area (Å²) in [6, 6.07) is 6.18. The van der Waals surface area contributed by atoms with E-state index in [4.69, 9.17) is 11.6 Å². The number of carboxylic acid groups (broad SMARTS) is 1. The number of aromatic carboxylic acids is 1. The molecule has 0 saturated heterocycles. The summed E-state index contributed by atoms with van der Waals surface area (Å²) in [5.41, 5.74) is 0.0967. The van der Waals surface area contributed by atoms with Gasteiger partial charge >= 0.3 is 5.97 Å². The fraction of sp³-hybridized carbons (Fsp3) is 0.333. The van der Waals surface area contributed by atoms with Gasteiger partial charge in [-0.25, -0.2) is 19.2 Å². The van der Waals surface area contributed by atoms with Gasteiger partial charge in [0, 0.05) is 12.6 Å². The monoisotopic (exact) mass is 430 g/mol. The number of nitrogens with zero attached hydrogens (tertiary/aromatic N) is 3. The van der Waals surface area contributed by atoms with Crippen LogP contribution in [0.3, 0.4) is 0 Å². The van der Waals surface area contributed by atoms with Crippen LogP contribution in [-0.4, -0.2) is 25.6 Å². The van der Waals surface area contributed by atoms with E-state index in [9.17, 15) is 19.1 Å². The van der Waals surface area contributed by atoms with Crippen molar-refractivity contribution in [1.29, 1.82) is 0 Å². The molecular formula is C21H20ClFN4O3. The number of rotatable bonds is 5. The molecule has 1 aliphatic carbocycles. The lowest BCUT2D eigenvalue weighted by molar-refractivity contribution is 0.0691. The van der Waals surface area contributed by atoms with Crippen LogP contribution in [-0.2, 0) is 12.7 Å². The lowest BCUT2D eigenvalue weighted by atomic mass is 10.0. The number of carboxylic acids is 1. The van der Waals surface area contributed by atoms with Crippen molar-refractivity contribution in [2.75, 3.05) is 5.32 Å². The van der Waals surface area contributed by atoms with Gasteiger partial charge in [-0.3, -0.25) is 9.36 Å². The molecule has 0 radical (unpaired) electrons. The molecule has 4 rings (SSSR count). The third kappa shape index (κ3) is 3.41. The molecule has 9 heteroatoms. The molecule has 2 heterocycles. The molecule has 0 spiro atoms. The number of halogens is 2. The minimum Gasteiger partial charge on any atom is -0.476 e. The van der Waals surface area contributed by atoms with Crippen LogP contribution in [0.15, 0.2) is 29.1 Å². The number of hydrogen-bond donors (Lipinski definition) is 2. The predicted molar refractivity (Wildman–Crippen MR) is 112 cm³/mol. The van der Waals surface area contributed by atoms with E-state index in [1.165, 1.54) is 23.7 Å². The van der Waals surface area contributed by atoms with Gasteiger partial charge in [-0.2, -0.15) is 0 Å². The Hall–Kier alpha value is -3.00. The van der Waals surface area contributed by atoms with E-state index in [0.717, 1.165) is 5.56 Å². The molecule has 1 aromatic carbocycles. The molecule has 7 nitrogen and oxygen atoms in total. The Balaban J connectivity index is 1.86. The van der Waals surface area contributed by atoms with Crippen LogP contribution in [0.4, 0.5) is 10.1 Å². The lowest BCUT2D eigenvalue weighted by Crippen LogP contribution is -2.26. The van der Waals surface area contributed by atoms with Gasteiger partial charge in [0.25, 0.3) is 5.56 Å². The number of aryl methyl sites for hydroxylation is 1. The Labute approximate surface area is 176 Å². The Morgan fingerprint density at radius 3 is 2.67 bits per heavy atom. The van der Waals surface area contributed by atoms with Gasteiger partial charge in [0.15, 0.2) is 11.4 Å². The van der Waals surface area contributed by atoms with Gasteiger partial charge in [0.05, 0.1) is 22.6 Å². The van der Waals surface area contributed by atoms with Crippen molar-refractivity contribution in [2.24, 2.45) is 7.05 Å². The molecule has 156 valence electrons. The highest BCUT2D eigenvalue weighted by Gasteiger charge is 2.48. The second-order valence-corrected chi connectivity index (χ2v) is 8.10. The first-order valence-electron chi connectivity index (χ1n) is 9.48. The van der Waals surface area contributed by atoms with Crippen molar-refractivity contribution in [3.05, 3.63) is 62.4 Å². The van der Waals surface area contributed by atoms with Crippen LogP contribution in [0.2, 0.25) is 5.15 Å². The van der Waals surface area contributed by atoms with E-state index >= 15 is 0 Å². The zero-order valence-corrected chi connectivity index (χ0v) is 17.4. The third-order valence-corrected chi connectivity index (χ3v) is 5.56. The number of carbonyl (C=O) groups is 1. The highest BCUT2D eigenvalue weighted by Crippen LogP contribution is 2.48. The second kappa shape index (κ2) is 7.05. The summed E-state index contributed by atoms with van der Waals surface area (Å²) >= 11 is 5.83. The van der Waals surface area contributed by atoms with E-state index in [-0.39, 0.29) is 27.9 Å². The predicted octanol–water partition coefficient (Wildman–Crippen LogP) is 4.12. The lowest BCUT2D eigenvalue weighted by Gasteiger charge is -2.20. The van der Waals surface area contributed by atoms with Crippen LogP contribution in [0.1, 0.15) is 53.2 Å². The SMILES string of the molecule is Cc1cc([C@@H](C)Nc2ccc(Cl)nc2C(=O)O)c2nc(C3(F)CC3)n(C)c(=O)c2c1. The van der Waals surface area contributed by atoms with Crippen LogP contribution in [0.25, 0.3) is 10.9 Å². The number of benzene rings is 1. The zero-order valence-electron chi connectivity index (χ0n) is 16.7. The number of fused-ring (bicyclic) bond motifs is 1. The van der Waals surface area contributed by atoms with Gasteiger partial charge < -0.3 is 10.4 Å². The minimum absolute atomic E-state index is 0.0686. The van der Waals surface area contributed by atoms with Gasteiger partial charge in [-0.05, 0) is 50.5 Å². The molecule has 1 atom stereocenters. The first kappa shape index (κ1) is 20.3. The maximum atomic E-state index is 14.8. The quantitative estimate of drug-likeness (QED) is 0.591. The van der Waals surface area contributed by atoms with E-state index in [2.05, 4.69) is 15.3 Å². The molecule has 3 aromatic rings. The summed E-state index contributed by atoms with van der Waals surface area (Å²) < 4.78 is 16.1. The fourth-order valence-corrected chi connectivity index (χ4v) is 3.79. The van der Waals surface area contributed by atoms with E-state index < -0.39 is 17.7 Å². The summed E-state index contributed by atoms with van der Waals surface area (Å²) in [5.74, 6) is -1.10. The first-order chi connectivity index (χ1) is 14.1. The maximum absolute atomic E-state index is 14.8. The number of pyridine rings is 1. The smallest absolute Gasteiger partial charge is 0.356 e. The average Bonchev–Trinajstić information content (AvgIpc) is 3.43. The van der Waals surface area contributed by atoms with Crippen molar-refractivity contribution < 1.29 is 14.3 Å². The van der Waals surface area contributed by atoms with E-state index in [0.29, 0.717) is 29.3 Å². The zero-order chi connectivity index (χ0) is 21.8. The Morgan fingerprint density at radius 1 is 1.33 bits per heavy atom. The van der Waals surface area contributed by atoms with Gasteiger partial charge in [0.1, 0.15) is 11.0 Å². The summed E-state index contributed by atoms with van der Waals surface area (Å²) in [6.07, 6.45) is 0.679. The molecule has 1 fully saturated rings. The minimum atomic E-state index is -1.57. The Bertz CT molecular complexity index is 1250. The summed E-state index contributed by atoms with van der Waals surface area (Å²) in [5, 5.41) is 13.0. The van der Waals surface area contributed by atoms with Crippen molar-refractivity contribution in [3.8, 4) is 0 Å². The third-order valence-electron chi connectivity index (χ3n) is 5.35. The first-order valence-corrected chi connectivity index (χ1v) is 9.85. The summed E-state index contributed by atoms with van der Waals surface area (Å²) in [4.78, 5) is 32.9. The number of anilines is 1. The molecule has 0 unspecified atom stereocenters. The largest absolute Gasteiger partial charge is 0.476 e. The van der Waals surface area contributed by atoms with Crippen molar-refractivity contribution >= 4 is 34.2 Å². The molecule has 30 heavy (non-hydrogen) atoms. The molecule has 1 saturated carbocycles. The second-order valence-electron chi connectivity index (χ2n) is 7.72. The fourth-order valence-electron chi connectivity index (χ4n) is 3.64. The molecule has 0 amide bonds. The average molecular weight is 431 g/mol. The van der Waals surface area contributed by atoms with Gasteiger partial charge in [0.2, 0.25) is 0 Å². The topological polar surface area (TPSA) is 97.1 Å². The van der Waals surface area contributed by atoms with Crippen LogP contribution >= 0.6 is 11.6 Å². The van der Waals surface area contributed by atoms with Crippen LogP contribution in [0, 0.1) is 6.92 Å². The normalized spacial score (nSPS) is 15.8. The standard InChI is InChI=1S/C21H20ClFN4O3/c1-10-8-12(11(2)24-14-4-5-15(22)25-17(14)19(29)30)16-13(9-10)18(28)27(3)20(26-16)21(23)6-7-21/h4-5,8-9,11,24H,6-7H2,1-3H3,(H,29,30)/t11-/m1/s1. The highest BCUT2D eigenvalue weighted by atomic mass is 35.5. The molecule has 2 N–H and O–H groups in total. The molecule has 1 aliphatic rings. The van der Waals surface area contributed by atoms with E-state index in [1.807, 2.05) is 19.9 Å². The summed E-state index contributed by atoms with van der Waals surface area (Å²) in [7, 11) is 1.53. The Kier molecular flexibility index (Phi) is 4.77. The molecule has 0 aliphatic heterocycles. The van der Waals surface area contributed by atoms with Crippen molar-refractivity contribution in [3.63, 3.8) is 0 Å². The van der Waals surface area contributed by atoms with Crippen LogP contribution in [0.5, 0.6) is 0 Å². The number of nitrogens with one attached hydrogen (secondary N) is 1. The number of aromatic nitrogens is 3.